The number of carbonyl (C=O) groups is 4. The Hall–Kier alpha value is -2.46. The molecule has 4 fully saturated rings. The van der Waals surface area contributed by atoms with Crippen molar-refractivity contribution in [3.8, 4) is 0 Å². The van der Waals surface area contributed by atoms with Crippen LogP contribution < -0.4 is 0 Å². The molecular weight excluding hydrogens is 891 g/mol. The number of hydrogen-bond donors (Lipinski definition) is 0. The highest BCUT2D eigenvalue weighted by molar-refractivity contribution is 5.80. The molecule has 1 saturated heterocycles. The van der Waals surface area contributed by atoms with E-state index in [1.807, 2.05) is 7.05 Å². The number of rotatable bonds is 43. The van der Waals surface area contributed by atoms with Gasteiger partial charge in [0.05, 0.1) is 0 Å². The highest BCUT2D eigenvalue weighted by Gasteiger charge is 2.46. The number of esters is 4. The molecule has 4 aliphatic rings. The van der Waals surface area contributed by atoms with Gasteiger partial charge in [-0.3, -0.25) is 14.4 Å². The minimum Gasteiger partial charge on any atom is -0.462 e. The van der Waals surface area contributed by atoms with Crippen LogP contribution in [0, 0.1) is 35.5 Å². The van der Waals surface area contributed by atoms with E-state index in [1.165, 1.54) is 141 Å². The number of piperidine rings is 1. The number of nitrogens with zero attached hydrogens (tertiary/aromatic N) is 1. The summed E-state index contributed by atoms with van der Waals surface area (Å²) < 4.78 is 29.4. The number of hydrogen-bond acceptors (Lipinski definition) is 10. The Bertz CT molecular complexity index is 1480. The number of ether oxygens (including phenoxy) is 5. The van der Waals surface area contributed by atoms with E-state index < -0.39 is 17.7 Å². The number of unbranched alkanes of at least 4 members (excludes halogenated alkanes) is 18. The van der Waals surface area contributed by atoms with Gasteiger partial charge < -0.3 is 28.6 Å². The molecule has 71 heavy (non-hydrogen) atoms. The summed E-state index contributed by atoms with van der Waals surface area (Å²) in [7, 11) is 3.64. The first-order valence-electron chi connectivity index (χ1n) is 30.2. The molecule has 0 aromatic rings. The van der Waals surface area contributed by atoms with Crippen LogP contribution in [0.3, 0.4) is 0 Å². The Morgan fingerprint density at radius 1 is 0.563 bits per heavy atom. The lowest BCUT2D eigenvalue weighted by Crippen LogP contribution is -2.51. The summed E-state index contributed by atoms with van der Waals surface area (Å²) in [5.41, 5.74) is -0.943. The zero-order valence-electron chi connectivity index (χ0n) is 46.4. The summed E-state index contributed by atoms with van der Waals surface area (Å²) in [6.45, 7) is 7.87. The van der Waals surface area contributed by atoms with Crippen molar-refractivity contribution in [2.45, 2.75) is 276 Å². The zero-order chi connectivity index (χ0) is 50.9. The number of carbonyl (C=O) groups excluding carboxylic acids is 4. The van der Waals surface area contributed by atoms with Crippen LogP contribution in [0.25, 0.3) is 0 Å². The van der Waals surface area contributed by atoms with Crippen molar-refractivity contribution in [2.24, 2.45) is 35.5 Å². The molecule has 8 atom stereocenters. The third-order valence-electron chi connectivity index (χ3n) is 17.0. The second-order valence-electron chi connectivity index (χ2n) is 23.0. The molecule has 1 heterocycles. The molecule has 8 unspecified atom stereocenters. The zero-order valence-corrected chi connectivity index (χ0v) is 46.4. The molecule has 0 amide bonds. The summed E-state index contributed by atoms with van der Waals surface area (Å²) in [5, 5.41) is 0. The smallest absolute Gasteiger partial charge is 0.338 e. The van der Waals surface area contributed by atoms with Crippen molar-refractivity contribution < 1.29 is 42.9 Å². The second kappa shape index (κ2) is 36.5. The topological polar surface area (TPSA) is 118 Å². The number of allylic oxidation sites excluding steroid dienone is 2. The standard InChI is InChI=1S/C61H107NO9/c1-6-9-12-14-18-25-31-49-44-51(49)33-27-20-16-22-29-36-57(63)68-47-54(70-58(64)37-30-23-17-21-28-34-52-45-50(52)32-26-19-15-13-10-7-2)48-69-59(65)46-53-38-39-56(55(53)35-24-11-8-3)71-60(66)61(67-5)40-42-62(4)43-41-61/h11,24,49-56H,6-10,12-23,25-48H2,1-5H3/b24-11-. The lowest BCUT2D eigenvalue weighted by molar-refractivity contribution is -0.182. The Morgan fingerprint density at radius 3 is 1.52 bits per heavy atom. The highest BCUT2D eigenvalue weighted by Crippen LogP contribution is 2.47. The normalized spacial score (nSPS) is 24.2. The molecule has 1 aliphatic heterocycles. The second-order valence-corrected chi connectivity index (χ2v) is 23.0. The molecule has 0 spiro atoms. The van der Waals surface area contributed by atoms with E-state index >= 15 is 0 Å². The number of methoxy groups -OCH3 is 1. The first-order valence-corrected chi connectivity index (χ1v) is 30.2. The maximum Gasteiger partial charge on any atom is 0.338 e. The SMILES string of the molecule is CC/C=C\CC1C(CC(=O)OCC(COC(=O)CCCCCCCC2CC2CCCCCCCC)OC(=O)CCCCCCCC2CC2CCCCCCCC)CCC1OC(=O)C1(OC)CCN(C)CC1. The fraction of sp³-hybridized carbons (Fsp3) is 0.902. The number of likely N-dealkylation sites (tertiary alicyclic amines) is 1. The van der Waals surface area contributed by atoms with Crippen LogP contribution in [0.5, 0.6) is 0 Å². The Balaban J connectivity index is 1.17. The maximum absolute atomic E-state index is 13.6. The van der Waals surface area contributed by atoms with Crippen LogP contribution in [-0.4, -0.2) is 87.0 Å². The van der Waals surface area contributed by atoms with Crippen molar-refractivity contribution in [2.75, 3.05) is 40.5 Å². The third kappa shape index (κ3) is 25.6. The van der Waals surface area contributed by atoms with Gasteiger partial charge in [-0.25, -0.2) is 4.79 Å². The predicted octanol–water partition coefficient (Wildman–Crippen LogP) is 15.0. The average molecular weight is 999 g/mol. The minimum absolute atomic E-state index is 0.0325. The summed E-state index contributed by atoms with van der Waals surface area (Å²) >= 11 is 0. The first kappa shape index (κ1) is 61.1. The van der Waals surface area contributed by atoms with Crippen LogP contribution >= 0.6 is 0 Å². The Labute approximate surface area is 434 Å². The van der Waals surface area contributed by atoms with Crippen LogP contribution in [0.15, 0.2) is 12.2 Å². The van der Waals surface area contributed by atoms with Gasteiger partial charge in [0, 0.05) is 45.4 Å². The molecule has 4 rings (SSSR count). The van der Waals surface area contributed by atoms with Gasteiger partial charge in [0.1, 0.15) is 19.3 Å². The maximum atomic E-state index is 13.6. The van der Waals surface area contributed by atoms with E-state index in [0.717, 1.165) is 88.1 Å². The van der Waals surface area contributed by atoms with Crippen molar-refractivity contribution in [3.63, 3.8) is 0 Å². The molecule has 0 bridgehead atoms. The van der Waals surface area contributed by atoms with Gasteiger partial charge in [0.2, 0.25) is 0 Å². The Kier molecular flexibility index (Phi) is 31.4. The summed E-state index contributed by atoms with van der Waals surface area (Å²) in [6, 6.07) is 0. The van der Waals surface area contributed by atoms with Gasteiger partial charge in [-0.15, -0.1) is 0 Å². The largest absolute Gasteiger partial charge is 0.462 e. The van der Waals surface area contributed by atoms with E-state index in [0.29, 0.717) is 32.1 Å². The van der Waals surface area contributed by atoms with Crippen LogP contribution in [0.4, 0.5) is 0 Å². The van der Waals surface area contributed by atoms with Crippen molar-refractivity contribution in [3.05, 3.63) is 12.2 Å². The van der Waals surface area contributed by atoms with Crippen molar-refractivity contribution in [1.29, 1.82) is 0 Å². The van der Waals surface area contributed by atoms with Gasteiger partial charge in [-0.05, 0) is 101 Å². The van der Waals surface area contributed by atoms with E-state index in [4.69, 9.17) is 23.7 Å². The quantitative estimate of drug-likeness (QED) is 0.0253. The Morgan fingerprint density at radius 2 is 1.03 bits per heavy atom. The summed E-state index contributed by atoms with van der Waals surface area (Å²) in [6.07, 6.45) is 43.7. The van der Waals surface area contributed by atoms with E-state index in [1.54, 1.807) is 7.11 Å². The molecule has 10 nitrogen and oxygen atoms in total. The lowest BCUT2D eigenvalue weighted by atomic mass is 9.88. The lowest BCUT2D eigenvalue weighted by Gasteiger charge is -2.38. The summed E-state index contributed by atoms with van der Waals surface area (Å²) in [5.74, 6) is 2.42. The monoisotopic (exact) mass is 998 g/mol. The van der Waals surface area contributed by atoms with Crippen LogP contribution in [-0.2, 0) is 42.9 Å². The highest BCUT2D eigenvalue weighted by atomic mass is 16.6. The average Bonchev–Trinajstić information content (AvgIpc) is 4.28. The molecule has 0 radical (unpaired) electrons. The van der Waals surface area contributed by atoms with Gasteiger partial charge in [0.25, 0.3) is 0 Å². The molecule has 0 N–H and O–H groups in total. The fourth-order valence-corrected chi connectivity index (χ4v) is 11.9. The van der Waals surface area contributed by atoms with Crippen LogP contribution in [0.2, 0.25) is 0 Å². The third-order valence-corrected chi connectivity index (χ3v) is 17.0. The van der Waals surface area contributed by atoms with E-state index in [9.17, 15) is 19.2 Å². The first-order chi connectivity index (χ1) is 34.6. The van der Waals surface area contributed by atoms with Crippen molar-refractivity contribution >= 4 is 23.9 Å². The van der Waals surface area contributed by atoms with E-state index in [-0.39, 0.29) is 61.9 Å². The van der Waals surface area contributed by atoms with Gasteiger partial charge >= 0.3 is 23.9 Å². The van der Waals surface area contributed by atoms with Gasteiger partial charge in [-0.2, -0.15) is 0 Å². The molecule has 3 saturated carbocycles. The van der Waals surface area contributed by atoms with E-state index in [2.05, 4.69) is 37.8 Å². The molecule has 10 heteroatoms. The minimum atomic E-state index is -0.943. The predicted molar refractivity (Wildman–Crippen MR) is 287 cm³/mol. The fourth-order valence-electron chi connectivity index (χ4n) is 11.9. The molecule has 0 aromatic carbocycles. The molecular formula is C61H107NO9. The molecule has 410 valence electrons. The van der Waals surface area contributed by atoms with Crippen molar-refractivity contribution in [1.82, 2.24) is 4.90 Å². The van der Waals surface area contributed by atoms with Gasteiger partial charge in [0.15, 0.2) is 11.7 Å². The van der Waals surface area contributed by atoms with Crippen LogP contribution in [0.1, 0.15) is 258 Å². The molecule has 0 aromatic heterocycles. The van der Waals surface area contributed by atoms with Gasteiger partial charge in [-0.1, -0.05) is 187 Å². The summed E-state index contributed by atoms with van der Waals surface area (Å²) in [4.78, 5) is 55.4. The molecule has 3 aliphatic carbocycles.